The second kappa shape index (κ2) is 6.90. The second-order valence-electron chi connectivity index (χ2n) is 4.24. The normalized spacial score (nSPS) is 10.2. The molecule has 0 spiro atoms. The Bertz CT molecular complexity index is 592. The highest BCUT2D eigenvalue weighted by molar-refractivity contribution is 9.11. The average Bonchev–Trinajstić information content (AvgIpc) is 2.38. The Morgan fingerprint density at radius 2 is 1.90 bits per heavy atom. The molecule has 3 nitrogen and oxygen atoms in total. The number of nitrogens with one attached hydrogen (secondary N) is 1. The van der Waals surface area contributed by atoms with Crippen LogP contribution in [0.5, 0.6) is 5.75 Å². The van der Waals surface area contributed by atoms with Gasteiger partial charge < -0.3 is 10.1 Å². The molecule has 104 valence electrons. The third-order valence-corrected chi connectivity index (χ3v) is 3.65. The fourth-order valence-corrected chi connectivity index (χ4v) is 3.28. The molecule has 2 aromatic rings. The minimum absolute atomic E-state index is 0.0318. The smallest absolute Gasteiger partial charge is 0.262 e. The largest absolute Gasteiger partial charge is 0.482 e. The Morgan fingerprint density at radius 1 is 1.20 bits per heavy atom. The molecule has 0 aliphatic rings. The summed E-state index contributed by atoms with van der Waals surface area (Å²) in [6.07, 6.45) is 0. The number of carbonyl (C=O) groups excluding carboxylic acids is 1. The number of amides is 1. The van der Waals surface area contributed by atoms with E-state index < -0.39 is 0 Å². The summed E-state index contributed by atoms with van der Waals surface area (Å²) in [5, 5.41) is 2.77. The third kappa shape index (κ3) is 4.08. The van der Waals surface area contributed by atoms with E-state index >= 15 is 0 Å². The molecule has 0 saturated heterocycles. The van der Waals surface area contributed by atoms with E-state index in [1.165, 1.54) is 0 Å². The van der Waals surface area contributed by atoms with Crippen molar-refractivity contribution in [2.75, 3.05) is 11.9 Å². The van der Waals surface area contributed by atoms with Crippen LogP contribution in [0.2, 0.25) is 0 Å². The van der Waals surface area contributed by atoms with Crippen molar-refractivity contribution in [3.63, 3.8) is 0 Å². The minimum atomic E-state index is -0.189. The summed E-state index contributed by atoms with van der Waals surface area (Å²) in [5.74, 6) is 0.488. The zero-order valence-electron chi connectivity index (χ0n) is 10.8. The van der Waals surface area contributed by atoms with Crippen molar-refractivity contribution in [2.45, 2.75) is 6.92 Å². The lowest BCUT2D eigenvalue weighted by Crippen LogP contribution is -2.20. The molecule has 0 fully saturated rings. The molecule has 20 heavy (non-hydrogen) atoms. The number of hydrogen-bond acceptors (Lipinski definition) is 2. The summed E-state index contributed by atoms with van der Waals surface area (Å²) in [7, 11) is 0. The van der Waals surface area contributed by atoms with E-state index in [1.54, 1.807) is 0 Å². The standard InChI is InChI=1S/C15H13Br2NO2/c1-10-7-11(16)8-13(17)15(10)20-9-14(19)18-12-5-3-2-4-6-12/h2-8H,9H2,1H3,(H,18,19). The van der Waals surface area contributed by atoms with Gasteiger partial charge in [0.15, 0.2) is 6.61 Å². The van der Waals surface area contributed by atoms with Crippen molar-refractivity contribution < 1.29 is 9.53 Å². The average molecular weight is 399 g/mol. The molecule has 2 aromatic carbocycles. The molecular formula is C15H13Br2NO2. The van der Waals surface area contributed by atoms with E-state index in [0.717, 1.165) is 20.2 Å². The van der Waals surface area contributed by atoms with Crippen molar-refractivity contribution in [1.29, 1.82) is 0 Å². The SMILES string of the molecule is Cc1cc(Br)cc(Br)c1OCC(=O)Nc1ccccc1. The van der Waals surface area contributed by atoms with Gasteiger partial charge in [-0.2, -0.15) is 0 Å². The molecule has 0 atom stereocenters. The quantitative estimate of drug-likeness (QED) is 0.821. The number of para-hydroxylation sites is 1. The molecule has 0 bridgehead atoms. The van der Waals surface area contributed by atoms with Crippen LogP contribution in [0.4, 0.5) is 5.69 Å². The van der Waals surface area contributed by atoms with Gasteiger partial charge in [-0.15, -0.1) is 0 Å². The fourth-order valence-electron chi connectivity index (χ4n) is 1.73. The number of aryl methyl sites for hydroxylation is 1. The Kier molecular flexibility index (Phi) is 5.20. The van der Waals surface area contributed by atoms with Gasteiger partial charge in [0, 0.05) is 10.2 Å². The zero-order chi connectivity index (χ0) is 14.5. The van der Waals surface area contributed by atoms with E-state index in [0.29, 0.717) is 5.75 Å². The van der Waals surface area contributed by atoms with Crippen LogP contribution in [0.15, 0.2) is 51.4 Å². The van der Waals surface area contributed by atoms with Crippen molar-refractivity contribution in [1.82, 2.24) is 0 Å². The van der Waals surface area contributed by atoms with E-state index in [9.17, 15) is 4.79 Å². The summed E-state index contributed by atoms with van der Waals surface area (Å²) >= 11 is 6.83. The maximum Gasteiger partial charge on any atom is 0.262 e. The summed E-state index contributed by atoms with van der Waals surface area (Å²) < 4.78 is 7.35. The van der Waals surface area contributed by atoms with Crippen LogP contribution in [0.3, 0.4) is 0 Å². The molecule has 0 aliphatic carbocycles. The number of ether oxygens (including phenoxy) is 1. The first kappa shape index (κ1) is 15.1. The Morgan fingerprint density at radius 3 is 2.55 bits per heavy atom. The van der Waals surface area contributed by atoms with Gasteiger partial charge in [0.2, 0.25) is 0 Å². The number of rotatable bonds is 4. The van der Waals surface area contributed by atoms with E-state index in [2.05, 4.69) is 37.2 Å². The van der Waals surface area contributed by atoms with E-state index in [4.69, 9.17) is 4.74 Å². The van der Waals surface area contributed by atoms with Crippen molar-refractivity contribution in [2.24, 2.45) is 0 Å². The van der Waals surface area contributed by atoms with Crippen LogP contribution >= 0.6 is 31.9 Å². The molecular weight excluding hydrogens is 386 g/mol. The molecule has 0 aliphatic heterocycles. The lowest BCUT2D eigenvalue weighted by molar-refractivity contribution is -0.118. The maximum atomic E-state index is 11.8. The lowest BCUT2D eigenvalue weighted by Gasteiger charge is -2.12. The highest BCUT2D eigenvalue weighted by atomic mass is 79.9. The number of halogens is 2. The lowest BCUT2D eigenvalue weighted by atomic mass is 10.2. The Balaban J connectivity index is 1.97. The first-order valence-corrected chi connectivity index (χ1v) is 7.58. The van der Waals surface area contributed by atoms with Gasteiger partial charge in [0.25, 0.3) is 5.91 Å². The zero-order valence-corrected chi connectivity index (χ0v) is 14.0. The summed E-state index contributed by atoms with van der Waals surface area (Å²) in [4.78, 5) is 11.8. The molecule has 0 saturated carbocycles. The second-order valence-corrected chi connectivity index (χ2v) is 6.01. The number of hydrogen-bond donors (Lipinski definition) is 1. The first-order valence-electron chi connectivity index (χ1n) is 5.99. The van der Waals surface area contributed by atoms with Gasteiger partial charge in [-0.1, -0.05) is 34.1 Å². The van der Waals surface area contributed by atoms with Crippen LogP contribution < -0.4 is 10.1 Å². The van der Waals surface area contributed by atoms with Gasteiger partial charge in [-0.25, -0.2) is 0 Å². The van der Waals surface area contributed by atoms with Crippen molar-refractivity contribution in [3.05, 3.63) is 57.0 Å². The summed E-state index contributed by atoms with van der Waals surface area (Å²) in [5.41, 5.74) is 1.71. The monoisotopic (exact) mass is 397 g/mol. The van der Waals surface area contributed by atoms with E-state index in [1.807, 2.05) is 49.4 Å². The Labute approximate surface area is 134 Å². The number of benzene rings is 2. The van der Waals surface area contributed by atoms with Gasteiger partial charge in [-0.05, 0) is 52.7 Å². The van der Waals surface area contributed by atoms with Gasteiger partial charge in [0.05, 0.1) is 4.47 Å². The van der Waals surface area contributed by atoms with Crippen molar-refractivity contribution >= 4 is 43.5 Å². The summed E-state index contributed by atoms with van der Waals surface area (Å²) in [6.45, 7) is 1.90. The molecule has 1 amide bonds. The third-order valence-electron chi connectivity index (χ3n) is 2.60. The Hall–Kier alpha value is -1.33. The molecule has 0 radical (unpaired) electrons. The first-order chi connectivity index (χ1) is 9.56. The topological polar surface area (TPSA) is 38.3 Å². The molecule has 2 rings (SSSR count). The fraction of sp³-hybridized carbons (Fsp3) is 0.133. The number of anilines is 1. The molecule has 0 unspecified atom stereocenters. The molecule has 5 heteroatoms. The van der Waals surface area contributed by atoms with Gasteiger partial charge in [-0.3, -0.25) is 4.79 Å². The van der Waals surface area contributed by atoms with Crippen LogP contribution in [0.25, 0.3) is 0 Å². The van der Waals surface area contributed by atoms with Crippen LogP contribution in [0.1, 0.15) is 5.56 Å². The van der Waals surface area contributed by atoms with Crippen LogP contribution in [-0.4, -0.2) is 12.5 Å². The van der Waals surface area contributed by atoms with Crippen LogP contribution in [0, 0.1) is 6.92 Å². The predicted octanol–water partition coefficient (Wildman–Crippen LogP) is 4.54. The summed E-state index contributed by atoms with van der Waals surface area (Å²) in [6, 6.07) is 13.1. The van der Waals surface area contributed by atoms with Gasteiger partial charge >= 0.3 is 0 Å². The van der Waals surface area contributed by atoms with Crippen LogP contribution in [-0.2, 0) is 4.79 Å². The highest BCUT2D eigenvalue weighted by Crippen LogP contribution is 2.32. The molecule has 0 aromatic heterocycles. The van der Waals surface area contributed by atoms with E-state index in [-0.39, 0.29) is 12.5 Å². The highest BCUT2D eigenvalue weighted by Gasteiger charge is 2.09. The predicted molar refractivity (Wildman–Crippen MR) is 87.1 cm³/mol. The minimum Gasteiger partial charge on any atom is -0.482 e. The number of carbonyl (C=O) groups is 1. The molecule has 0 heterocycles. The van der Waals surface area contributed by atoms with Gasteiger partial charge in [0.1, 0.15) is 5.75 Å². The van der Waals surface area contributed by atoms with Crippen molar-refractivity contribution in [3.8, 4) is 5.75 Å². The maximum absolute atomic E-state index is 11.8. The molecule has 1 N–H and O–H groups in total.